The van der Waals surface area contributed by atoms with Crippen molar-refractivity contribution in [3.63, 3.8) is 0 Å². The first-order chi connectivity index (χ1) is 6.33. The largest absolute Gasteiger partial charge is 0.394 e. The first-order valence-corrected chi connectivity index (χ1v) is 4.29. The van der Waals surface area contributed by atoms with Crippen molar-refractivity contribution in [3.8, 4) is 0 Å². The van der Waals surface area contributed by atoms with Gasteiger partial charge < -0.3 is 11.1 Å². The predicted octanol–water partition coefficient (Wildman–Crippen LogP) is 1.35. The van der Waals surface area contributed by atoms with E-state index < -0.39 is 0 Å². The van der Waals surface area contributed by atoms with Gasteiger partial charge in [-0.3, -0.25) is 0 Å². The number of hydrogen-bond acceptors (Lipinski definition) is 3. The van der Waals surface area contributed by atoms with E-state index in [1.54, 1.807) is 4.52 Å². The highest BCUT2D eigenvalue weighted by atomic mass is 15.3. The van der Waals surface area contributed by atoms with Crippen LogP contribution in [0.1, 0.15) is 6.92 Å². The maximum absolute atomic E-state index is 5.88. The second kappa shape index (κ2) is 2.97. The van der Waals surface area contributed by atoms with Crippen LogP contribution in [0.3, 0.4) is 0 Å². The first kappa shape index (κ1) is 7.91. The molecule has 4 nitrogen and oxygen atoms in total. The number of nitrogens with zero attached hydrogens (tertiary/aromatic N) is 2. The lowest BCUT2D eigenvalue weighted by atomic mass is 10.3. The Morgan fingerprint density at radius 3 is 3.08 bits per heavy atom. The maximum Gasteiger partial charge on any atom is 0.172 e. The lowest BCUT2D eigenvalue weighted by Crippen LogP contribution is -1.99. The van der Waals surface area contributed by atoms with Crippen LogP contribution in [-0.4, -0.2) is 16.2 Å². The molecule has 0 aliphatic rings. The van der Waals surface area contributed by atoms with Crippen molar-refractivity contribution in [2.45, 2.75) is 6.92 Å². The molecule has 2 aromatic rings. The van der Waals surface area contributed by atoms with Crippen molar-refractivity contribution in [2.24, 2.45) is 0 Å². The fourth-order valence-corrected chi connectivity index (χ4v) is 1.32. The lowest BCUT2D eigenvalue weighted by Gasteiger charge is -1.96. The topological polar surface area (TPSA) is 55.4 Å². The summed E-state index contributed by atoms with van der Waals surface area (Å²) < 4.78 is 1.77. The summed E-state index contributed by atoms with van der Waals surface area (Å²) in [7, 11) is 0. The molecule has 0 atom stereocenters. The van der Waals surface area contributed by atoms with Gasteiger partial charge in [0, 0.05) is 12.7 Å². The Bertz CT molecular complexity index is 418. The minimum absolute atomic E-state index is 0.711. The zero-order valence-electron chi connectivity index (χ0n) is 7.49. The minimum atomic E-state index is 0.711. The zero-order chi connectivity index (χ0) is 9.26. The second-order valence-electron chi connectivity index (χ2n) is 2.82. The van der Waals surface area contributed by atoms with E-state index in [1.165, 1.54) is 0 Å². The Labute approximate surface area is 76.4 Å². The lowest BCUT2D eigenvalue weighted by molar-refractivity contribution is 0.955. The third kappa shape index (κ3) is 1.20. The summed E-state index contributed by atoms with van der Waals surface area (Å²) in [5.74, 6) is 0.758. The van der Waals surface area contributed by atoms with Crippen LogP contribution in [0.4, 0.5) is 11.5 Å². The van der Waals surface area contributed by atoms with Gasteiger partial charge in [-0.1, -0.05) is 6.07 Å². The Morgan fingerprint density at radius 2 is 2.38 bits per heavy atom. The molecule has 4 heteroatoms. The molecule has 2 aromatic heterocycles. The summed E-state index contributed by atoms with van der Waals surface area (Å²) in [5, 5.41) is 7.39. The predicted molar refractivity (Wildman–Crippen MR) is 53.8 cm³/mol. The van der Waals surface area contributed by atoms with Gasteiger partial charge in [0.25, 0.3) is 0 Å². The van der Waals surface area contributed by atoms with Crippen LogP contribution in [0.15, 0.2) is 24.4 Å². The van der Waals surface area contributed by atoms with Crippen LogP contribution in [0.2, 0.25) is 0 Å². The highest BCUT2D eigenvalue weighted by molar-refractivity contribution is 5.80. The number of hydrogen-bond donors (Lipinski definition) is 2. The Balaban J connectivity index is 2.60. The van der Waals surface area contributed by atoms with E-state index in [0.29, 0.717) is 5.69 Å². The van der Waals surface area contributed by atoms with Gasteiger partial charge in [-0.05, 0) is 19.1 Å². The molecule has 0 unspecified atom stereocenters. The summed E-state index contributed by atoms with van der Waals surface area (Å²) in [6, 6.07) is 5.82. The number of aromatic nitrogens is 2. The molecular formula is C9H12N4. The molecule has 0 radical (unpaired) electrons. The maximum atomic E-state index is 5.88. The van der Waals surface area contributed by atoms with Crippen LogP contribution in [-0.2, 0) is 0 Å². The number of anilines is 2. The molecule has 0 saturated heterocycles. The van der Waals surface area contributed by atoms with E-state index in [0.717, 1.165) is 17.9 Å². The zero-order valence-corrected chi connectivity index (χ0v) is 7.49. The summed E-state index contributed by atoms with van der Waals surface area (Å²) in [4.78, 5) is 0. The summed E-state index contributed by atoms with van der Waals surface area (Å²) in [5.41, 5.74) is 7.53. The fraction of sp³-hybridized carbons (Fsp3) is 0.222. The molecule has 0 aliphatic heterocycles. The van der Waals surface area contributed by atoms with E-state index in [2.05, 4.69) is 10.4 Å². The van der Waals surface area contributed by atoms with Crippen LogP contribution in [0.5, 0.6) is 0 Å². The van der Waals surface area contributed by atoms with Crippen molar-refractivity contribution >= 4 is 17.0 Å². The number of rotatable bonds is 2. The molecule has 13 heavy (non-hydrogen) atoms. The molecule has 0 aliphatic carbocycles. The van der Waals surface area contributed by atoms with Crippen LogP contribution >= 0.6 is 0 Å². The van der Waals surface area contributed by atoms with E-state index in [4.69, 9.17) is 5.73 Å². The van der Waals surface area contributed by atoms with Gasteiger partial charge in [0.05, 0.1) is 5.52 Å². The summed E-state index contributed by atoms with van der Waals surface area (Å²) in [6.45, 7) is 2.84. The van der Waals surface area contributed by atoms with E-state index in [1.807, 2.05) is 31.3 Å². The summed E-state index contributed by atoms with van der Waals surface area (Å²) >= 11 is 0. The molecule has 2 rings (SSSR count). The van der Waals surface area contributed by atoms with Crippen molar-refractivity contribution in [3.05, 3.63) is 24.4 Å². The van der Waals surface area contributed by atoms with Crippen molar-refractivity contribution in [1.29, 1.82) is 0 Å². The molecule has 68 valence electrons. The normalized spacial score (nSPS) is 10.5. The van der Waals surface area contributed by atoms with Gasteiger partial charge in [0.15, 0.2) is 5.82 Å². The van der Waals surface area contributed by atoms with Crippen molar-refractivity contribution < 1.29 is 0 Å². The average Bonchev–Trinajstić information content (AvgIpc) is 2.46. The molecule has 0 aromatic carbocycles. The second-order valence-corrected chi connectivity index (χ2v) is 2.82. The Hall–Kier alpha value is -1.71. The summed E-state index contributed by atoms with van der Waals surface area (Å²) in [6.07, 6.45) is 1.88. The van der Waals surface area contributed by atoms with Gasteiger partial charge in [0.1, 0.15) is 5.69 Å². The molecular weight excluding hydrogens is 164 g/mol. The number of fused-ring (bicyclic) bond motifs is 1. The van der Waals surface area contributed by atoms with Gasteiger partial charge in [-0.15, -0.1) is 5.10 Å². The Kier molecular flexibility index (Phi) is 1.81. The fourth-order valence-electron chi connectivity index (χ4n) is 1.32. The third-order valence-electron chi connectivity index (χ3n) is 1.92. The van der Waals surface area contributed by atoms with E-state index in [9.17, 15) is 0 Å². The molecule has 0 bridgehead atoms. The number of pyridine rings is 1. The molecule has 2 heterocycles. The number of nitrogen functional groups attached to an aromatic ring is 1. The number of nitrogens with one attached hydrogen (secondary N) is 1. The quantitative estimate of drug-likeness (QED) is 0.726. The van der Waals surface area contributed by atoms with E-state index in [-0.39, 0.29) is 0 Å². The molecule has 0 spiro atoms. The van der Waals surface area contributed by atoms with Gasteiger partial charge in [0.2, 0.25) is 0 Å². The van der Waals surface area contributed by atoms with Gasteiger partial charge in [-0.2, -0.15) is 0 Å². The van der Waals surface area contributed by atoms with Gasteiger partial charge >= 0.3 is 0 Å². The molecule has 0 saturated carbocycles. The first-order valence-electron chi connectivity index (χ1n) is 4.29. The van der Waals surface area contributed by atoms with Gasteiger partial charge in [-0.25, -0.2) is 4.52 Å². The van der Waals surface area contributed by atoms with Crippen LogP contribution in [0.25, 0.3) is 5.52 Å². The SMILES string of the molecule is CCNc1nn2ccccc2c1N. The number of nitrogens with two attached hydrogens (primary N) is 1. The molecule has 3 N–H and O–H groups in total. The third-order valence-corrected chi connectivity index (χ3v) is 1.92. The smallest absolute Gasteiger partial charge is 0.172 e. The van der Waals surface area contributed by atoms with E-state index >= 15 is 0 Å². The highest BCUT2D eigenvalue weighted by Crippen LogP contribution is 2.21. The standard InChI is InChI=1S/C9H12N4/c1-2-11-9-8(10)7-5-3-4-6-13(7)12-9/h3-6H,2,10H2,1H3,(H,11,12). The van der Waals surface area contributed by atoms with Crippen molar-refractivity contribution in [1.82, 2.24) is 9.61 Å². The minimum Gasteiger partial charge on any atom is -0.394 e. The molecule has 0 amide bonds. The van der Waals surface area contributed by atoms with Crippen LogP contribution < -0.4 is 11.1 Å². The van der Waals surface area contributed by atoms with Crippen molar-refractivity contribution in [2.75, 3.05) is 17.6 Å². The highest BCUT2D eigenvalue weighted by Gasteiger charge is 2.06. The Morgan fingerprint density at radius 1 is 1.54 bits per heavy atom. The molecule has 0 fully saturated rings. The average molecular weight is 176 g/mol. The monoisotopic (exact) mass is 176 g/mol. The van der Waals surface area contributed by atoms with Crippen LogP contribution in [0, 0.1) is 0 Å².